The molecule has 2 aromatic rings. The second-order valence-electron chi connectivity index (χ2n) is 9.10. The molecule has 1 fully saturated rings. The van der Waals surface area contributed by atoms with Crippen LogP contribution >= 0.6 is 22.6 Å². The van der Waals surface area contributed by atoms with Crippen molar-refractivity contribution in [1.82, 2.24) is 5.32 Å². The molecule has 0 radical (unpaired) electrons. The summed E-state index contributed by atoms with van der Waals surface area (Å²) in [6.45, 7) is 4.78. The van der Waals surface area contributed by atoms with Crippen molar-refractivity contribution in [2.75, 3.05) is 0 Å². The van der Waals surface area contributed by atoms with Gasteiger partial charge in [0.25, 0.3) is 5.91 Å². The van der Waals surface area contributed by atoms with Gasteiger partial charge in [0.1, 0.15) is 22.8 Å². The summed E-state index contributed by atoms with van der Waals surface area (Å²) in [7, 11) is 0. The Bertz CT molecular complexity index is 1180. The number of carboxylic acid groups (broad SMARTS) is 2. The maximum Gasteiger partial charge on any atom is 0.352 e. The lowest BCUT2D eigenvalue weighted by Crippen LogP contribution is -2.59. The van der Waals surface area contributed by atoms with Crippen molar-refractivity contribution >= 4 is 46.5 Å². The van der Waals surface area contributed by atoms with Crippen LogP contribution in [0.5, 0.6) is 11.5 Å². The van der Waals surface area contributed by atoms with Crippen molar-refractivity contribution in [2.45, 2.75) is 45.6 Å². The van der Waals surface area contributed by atoms with Crippen molar-refractivity contribution in [1.29, 1.82) is 0 Å². The largest absolute Gasteiger partial charge is 0.481 e. The third kappa shape index (κ3) is 4.79. The summed E-state index contributed by atoms with van der Waals surface area (Å²) in [6.07, 6.45) is 1.48. The van der Waals surface area contributed by atoms with Crippen LogP contribution in [0.4, 0.5) is 0 Å². The van der Waals surface area contributed by atoms with E-state index in [1.807, 2.05) is 24.3 Å². The number of para-hydroxylation sites is 1. The minimum Gasteiger partial charge on any atom is -0.481 e. The highest BCUT2D eigenvalue weighted by Crippen LogP contribution is 2.60. The van der Waals surface area contributed by atoms with Gasteiger partial charge in [0, 0.05) is 5.41 Å². The third-order valence-electron chi connectivity index (χ3n) is 7.41. The molecule has 0 saturated heterocycles. The molecule has 4 N–H and O–H groups in total. The fourth-order valence-electron chi connectivity index (χ4n) is 4.66. The summed E-state index contributed by atoms with van der Waals surface area (Å²) < 4.78 is 6.78. The van der Waals surface area contributed by atoms with Crippen LogP contribution in [0.1, 0.15) is 45.6 Å². The van der Waals surface area contributed by atoms with Gasteiger partial charge in [0.2, 0.25) is 0 Å². The Balaban J connectivity index is 1.83. The van der Waals surface area contributed by atoms with Crippen molar-refractivity contribution < 1.29 is 34.4 Å². The first-order valence-corrected chi connectivity index (χ1v) is 12.2. The summed E-state index contributed by atoms with van der Waals surface area (Å²) in [5, 5.41) is 33.1. The zero-order chi connectivity index (χ0) is 26.0. The fraction of sp³-hybridized carbons (Fsp3) is 0.346. The van der Waals surface area contributed by atoms with E-state index in [4.69, 9.17) is 4.74 Å². The predicted octanol–water partition coefficient (Wildman–Crippen LogP) is 4.66. The molecule has 8 nitrogen and oxygen atoms in total. The number of carboxylic acids is 2. The van der Waals surface area contributed by atoms with Crippen LogP contribution in [-0.2, 0) is 14.4 Å². The molecular formula is C26H28INO7. The van der Waals surface area contributed by atoms with Gasteiger partial charge in [-0.05, 0) is 84.7 Å². The highest BCUT2D eigenvalue weighted by molar-refractivity contribution is 14.1. The lowest BCUT2D eigenvalue weighted by molar-refractivity contribution is -0.171. The van der Waals surface area contributed by atoms with Crippen molar-refractivity contribution in [3.63, 3.8) is 0 Å². The molecule has 0 heterocycles. The minimum absolute atomic E-state index is 0.0878. The number of aliphatic hydroxyl groups is 1. The Morgan fingerprint density at radius 1 is 1.06 bits per heavy atom. The summed E-state index contributed by atoms with van der Waals surface area (Å²) in [6, 6.07) is 14.1. The number of hydrogen-bond acceptors (Lipinski definition) is 5. The van der Waals surface area contributed by atoms with Gasteiger partial charge in [-0.1, -0.05) is 38.1 Å². The molecule has 0 aliphatic heterocycles. The van der Waals surface area contributed by atoms with Crippen LogP contribution in [-0.4, -0.2) is 38.8 Å². The smallest absolute Gasteiger partial charge is 0.352 e. The zero-order valence-corrected chi connectivity index (χ0v) is 21.8. The number of ether oxygens (including phenoxy) is 1. The van der Waals surface area contributed by atoms with Gasteiger partial charge in [0.05, 0.1) is 8.99 Å². The van der Waals surface area contributed by atoms with Crippen molar-refractivity contribution in [3.05, 3.63) is 63.4 Å². The van der Waals surface area contributed by atoms with Crippen LogP contribution < -0.4 is 10.1 Å². The molecule has 3 rings (SSSR count). The monoisotopic (exact) mass is 593 g/mol. The van der Waals surface area contributed by atoms with Gasteiger partial charge in [-0.2, -0.15) is 0 Å². The lowest BCUT2D eigenvalue weighted by atomic mass is 9.60. The molecule has 2 aromatic carbocycles. The number of carbonyl (C=O) groups excluding carboxylic acids is 1. The van der Waals surface area contributed by atoms with E-state index in [-0.39, 0.29) is 19.3 Å². The third-order valence-corrected chi connectivity index (χ3v) is 8.30. The molecule has 186 valence electrons. The summed E-state index contributed by atoms with van der Waals surface area (Å²) in [5.41, 5.74) is -4.63. The number of hydrogen-bond donors (Lipinski definition) is 4. The quantitative estimate of drug-likeness (QED) is 0.259. The Labute approximate surface area is 217 Å². The van der Waals surface area contributed by atoms with Gasteiger partial charge < -0.3 is 25.4 Å². The number of benzene rings is 2. The molecule has 1 unspecified atom stereocenters. The Kier molecular flexibility index (Phi) is 7.61. The Morgan fingerprint density at radius 2 is 1.69 bits per heavy atom. The molecule has 9 heteroatoms. The van der Waals surface area contributed by atoms with Crippen LogP contribution in [0.15, 0.2) is 54.2 Å². The molecule has 0 bridgehead atoms. The predicted molar refractivity (Wildman–Crippen MR) is 138 cm³/mol. The van der Waals surface area contributed by atoms with Gasteiger partial charge in [-0.25, -0.2) is 4.79 Å². The molecule has 1 aliphatic rings. The maximum absolute atomic E-state index is 13.2. The van der Waals surface area contributed by atoms with E-state index in [2.05, 4.69) is 27.9 Å². The first kappa shape index (κ1) is 26.7. The van der Waals surface area contributed by atoms with Crippen molar-refractivity contribution in [2.24, 2.45) is 10.8 Å². The second kappa shape index (κ2) is 9.98. The number of rotatable bonds is 8. The molecule has 3 atom stereocenters. The van der Waals surface area contributed by atoms with Gasteiger partial charge >= 0.3 is 11.9 Å². The SMILES string of the molecule is CCC1(C)[C@@](C)(C(=O)O)CC[C@]1(O)C(=O)N/C(=C\c1ccc(Oc2ccccc2I)cc1)C(=O)O. The first-order valence-electron chi connectivity index (χ1n) is 11.1. The van der Waals surface area contributed by atoms with Crippen molar-refractivity contribution in [3.8, 4) is 11.5 Å². The van der Waals surface area contributed by atoms with E-state index in [1.54, 1.807) is 38.1 Å². The highest BCUT2D eigenvalue weighted by atomic mass is 127. The number of aliphatic carboxylic acids is 2. The topological polar surface area (TPSA) is 133 Å². The average molecular weight is 593 g/mol. The van der Waals surface area contributed by atoms with Gasteiger partial charge in [-0.3, -0.25) is 9.59 Å². The number of nitrogens with one attached hydrogen (secondary N) is 1. The molecule has 35 heavy (non-hydrogen) atoms. The molecule has 0 aromatic heterocycles. The van der Waals surface area contributed by atoms with Gasteiger partial charge in [0.15, 0.2) is 0 Å². The summed E-state index contributed by atoms with van der Waals surface area (Å²) in [4.78, 5) is 37.0. The Hall–Kier alpha value is -2.92. The van der Waals surface area contributed by atoms with E-state index in [1.165, 1.54) is 13.0 Å². The molecule has 0 spiro atoms. The lowest BCUT2D eigenvalue weighted by Gasteiger charge is -2.44. The van der Waals surface area contributed by atoms with E-state index in [0.717, 1.165) is 3.57 Å². The molecule has 1 aliphatic carbocycles. The first-order chi connectivity index (χ1) is 16.4. The standard InChI is InChI=1S/C26H28INO7/c1-4-25(3)24(2,23(32)33)13-14-26(25,34)22(31)28-19(21(29)30)15-16-9-11-17(12-10-16)35-20-8-6-5-7-18(20)27/h5-12,15,34H,4,13-14H2,1-3H3,(H,28,31)(H,29,30)(H,32,33)/b19-15-/t24-,25?,26+/m1/s1. The van der Waals surface area contributed by atoms with E-state index >= 15 is 0 Å². The second-order valence-corrected chi connectivity index (χ2v) is 10.3. The van der Waals surface area contributed by atoms with Crippen LogP contribution in [0, 0.1) is 14.4 Å². The normalized spacial score (nSPS) is 26.3. The Morgan fingerprint density at radius 3 is 2.23 bits per heavy atom. The number of amides is 1. The van der Waals surface area contributed by atoms with Crippen LogP contribution in [0.2, 0.25) is 0 Å². The average Bonchev–Trinajstić information content (AvgIpc) is 3.04. The molecule has 1 saturated carbocycles. The molecular weight excluding hydrogens is 565 g/mol. The summed E-state index contributed by atoms with van der Waals surface area (Å²) >= 11 is 2.16. The molecule has 1 amide bonds. The number of carbonyl (C=O) groups is 3. The summed E-state index contributed by atoms with van der Waals surface area (Å²) in [5.74, 6) is -2.18. The number of halogens is 1. The fourth-order valence-corrected chi connectivity index (χ4v) is 5.16. The van der Waals surface area contributed by atoms with Crippen LogP contribution in [0.25, 0.3) is 6.08 Å². The van der Waals surface area contributed by atoms with Gasteiger partial charge in [-0.15, -0.1) is 0 Å². The maximum atomic E-state index is 13.2. The van der Waals surface area contributed by atoms with E-state index in [9.17, 15) is 29.7 Å². The minimum atomic E-state index is -2.05. The van der Waals surface area contributed by atoms with E-state index < -0.39 is 40.0 Å². The van der Waals surface area contributed by atoms with E-state index in [0.29, 0.717) is 17.1 Å². The highest BCUT2D eigenvalue weighted by Gasteiger charge is 2.68. The van der Waals surface area contributed by atoms with Crippen LogP contribution in [0.3, 0.4) is 0 Å². The zero-order valence-electron chi connectivity index (χ0n) is 19.7.